The number of aromatic nitrogens is 2. The van der Waals surface area contributed by atoms with E-state index in [0.29, 0.717) is 5.28 Å². The molecule has 0 atom stereocenters. The Morgan fingerprint density at radius 3 is 2.83 bits per heavy atom. The van der Waals surface area contributed by atoms with Gasteiger partial charge >= 0.3 is 0 Å². The first kappa shape index (κ1) is 12.1. The van der Waals surface area contributed by atoms with Crippen LogP contribution < -0.4 is 5.43 Å². The van der Waals surface area contributed by atoms with Gasteiger partial charge in [-0.15, -0.1) is 11.3 Å². The Hall–Kier alpha value is -0.910. The molecule has 1 fully saturated rings. The predicted octanol–water partition coefficient (Wildman–Crippen LogP) is 3.47. The van der Waals surface area contributed by atoms with Crippen LogP contribution in [0.4, 0.5) is 5.82 Å². The molecule has 3 heterocycles. The number of piperidine rings is 1. The fourth-order valence-electron chi connectivity index (χ4n) is 2.24. The molecule has 3 rings (SSSR count). The first-order valence-electron chi connectivity index (χ1n) is 6.17. The molecule has 0 saturated carbocycles. The number of nitrogens with one attached hydrogen (secondary N) is 1. The average molecular weight is 283 g/mol. The van der Waals surface area contributed by atoms with Crippen molar-refractivity contribution in [3.8, 4) is 0 Å². The van der Waals surface area contributed by atoms with Crippen LogP contribution in [0, 0.1) is 6.92 Å². The van der Waals surface area contributed by atoms with Crippen LogP contribution in [0.25, 0.3) is 10.2 Å². The summed E-state index contributed by atoms with van der Waals surface area (Å²) in [6.07, 6.45) is 3.78. The molecule has 2 aromatic rings. The molecular weight excluding hydrogens is 268 g/mol. The summed E-state index contributed by atoms with van der Waals surface area (Å²) in [7, 11) is 0. The van der Waals surface area contributed by atoms with Crippen LogP contribution in [0.5, 0.6) is 0 Å². The van der Waals surface area contributed by atoms with Crippen LogP contribution >= 0.6 is 22.9 Å². The van der Waals surface area contributed by atoms with E-state index in [4.69, 9.17) is 11.6 Å². The fourth-order valence-corrected chi connectivity index (χ4v) is 3.33. The van der Waals surface area contributed by atoms with E-state index < -0.39 is 0 Å². The molecule has 1 aliphatic rings. The van der Waals surface area contributed by atoms with Gasteiger partial charge in [0.1, 0.15) is 0 Å². The van der Waals surface area contributed by atoms with E-state index in [2.05, 4.69) is 25.8 Å². The van der Waals surface area contributed by atoms with Gasteiger partial charge in [0.15, 0.2) is 5.82 Å². The summed E-state index contributed by atoms with van der Waals surface area (Å²) in [5.41, 5.74) is 5.50. The Labute approximate surface area is 115 Å². The number of hydrazine groups is 1. The fraction of sp³-hybridized carbons (Fsp3) is 0.500. The van der Waals surface area contributed by atoms with Gasteiger partial charge in [-0.1, -0.05) is 6.42 Å². The number of thiophene rings is 1. The highest BCUT2D eigenvalue weighted by Crippen LogP contribution is 2.30. The van der Waals surface area contributed by atoms with E-state index in [9.17, 15) is 0 Å². The summed E-state index contributed by atoms with van der Waals surface area (Å²) in [6.45, 7) is 4.17. The van der Waals surface area contributed by atoms with E-state index in [0.717, 1.165) is 34.7 Å². The molecule has 2 aromatic heterocycles. The molecule has 1 saturated heterocycles. The highest BCUT2D eigenvalue weighted by molar-refractivity contribution is 7.18. The number of hydrogen-bond acceptors (Lipinski definition) is 5. The second kappa shape index (κ2) is 4.99. The Kier molecular flexibility index (Phi) is 3.37. The third-order valence-electron chi connectivity index (χ3n) is 3.19. The second-order valence-corrected chi connectivity index (χ2v) is 5.81. The normalized spacial score (nSPS) is 17.2. The molecule has 0 unspecified atom stereocenters. The number of aryl methyl sites for hydroxylation is 1. The molecule has 4 nitrogen and oxygen atoms in total. The molecule has 0 aromatic carbocycles. The van der Waals surface area contributed by atoms with Gasteiger partial charge in [-0.05, 0) is 42.3 Å². The van der Waals surface area contributed by atoms with Gasteiger partial charge in [-0.2, -0.15) is 4.98 Å². The Morgan fingerprint density at radius 1 is 1.28 bits per heavy atom. The summed E-state index contributed by atoms with van der Waals surface area (Å²) in [4.78, 5) is 8.62. The van der Waals surface area contributed by atoms with E-state index in [1.165, 1.54) is 19.3 Å². The van der Waals surface area contributed by atoms with Gasteiger partial charge in [-0.3, -0.25) is 0 Å². The smallest absolute Gasteiger partial charge is 0.225 e. The summed E-state index contributed by atoms with van der Waals surface area (Å²) in [5, 5.41) is 4.62. The van der Waals surface area contributed by atoms with Crippen LogP contribution in [0.15, 0.2) is 5.38 Å². The minimum Gasteiger partial charge on any atom is -0.302 e. The average Bonchev–Trinajstić information content (AvgIpc) is 2.73. The van der Waals surface area contributed by atoms with Crippen molar-refractivity contribution in [1.29, 1.82) is 0 Å². The van der Waals surface area contributed by atoms with E-state index in [1.54, 1.807) is 11.3 Å². The van der Waals surface area contributed by atoms with Crippen molar-refractivity contribution in [2.24, 2.45) is 0 Å². The van der Waals surface area contributed by atoms with Crippen LogP contribution in [0.3, 0.4) is 0 Å². The van der Waals surface area contributed by atoms with Crippen molar-refractivity contribution in [3.63, 3.8) is 0 Å². The largest absolute Gasteiger partial charge is 0.302 e. The number of nitrogens with zero attached hydrogens (tertiary/aromatic N) is 3. The van der Waals surface area contributed by atoms with Crippen LogP contribution in [-0.4, -0.2) is 28.1 Å². The van der Waals surface area contributed by atoms with Crippen LogP contribution in [-0.2, 0) is 0 Å². The SMILES string of the molecule is Cc1csc2c(NN3CCCCC3)nc(Cl)nc12. The third-order valence-corrected chi connectivity index (χ3v) is 4.45. The summed E-state index contributed by atoms with van der Waals surface area (Å²) in [6, 6.07) is 0. The number of anilines is 1. The minimum atomic E-state index is 0.309. The number of halogens is 1. The van der Waals surface area contributed by atoms with Gasteiger partial charge in [0.05, 0.1) is 10.2 Å². The lowest BCUT2D eigenvalue weighted by Gasteiger charge is -2.27. The van der Waals surface area contributed by atoms with E-state index in [-0.39, 0.29) is 0 Å². The number of rotatable bonds is 2. The summed E-state index contributed by atoms with van der Waals surface area (Å²) < 4.78 is 1.09. The maximum Gasteiger partial charge on any atom is 0.225 e. The van der Waals surface area contributed by atoms with E-state index in [1.807, 2.05) is 6.92 Å². The monoisotopic (exact) mass is 282 g/mol. The van der Waals surface area contributed by atoms with Gasteiger partial charge in [0.25, 0.3) is 0 Å². The maximum atomic E-state index is 5.99. The van der Waals surface area contributed by atoms with Crippen LogP contribution in [0.2, 0.25) is 5.28 Å². The van der Waals surface area contributed by atoms with Gasteiger partial charge in [0, 0.05) is 13.1 Å². The highest BCUT2D eigenvalue weighted by atomic mass is 35.5. The number of hydrogen-bond donors (Lipinski definition) is 1. The zero-order chi connectivity index (χ0) is 12.5. The molecule has 1 aliphatic heterocycles. The lowest BCUT2D eigenvalue weighted by molar-refractivity contribution is 0.272. The molecule has 18 heavy (non-hydrogen) atoms. The molecule has 6 heteroatoms. The molecule has 0 spiro atoms. The van der Waals surface area contributed by atoms with Crippen molar-refractivity contribution >= 4 is 39.0 Å². The zero-order valence-electron chi connectivity index (χ0n) is 10.2. The lowest BCUT2D eigenvalue weighted by Crippen LogP contribution is -2.35. The van der Waals surface area contributed by atoms with Crippen molar-refractivity contribution in [1.82, 2.24) is 15.0 Å². The third kappa shape index (κ3) is 2.30. The summed E-state index contributed by atoms with van der Waals surface area (Å²) in [5.74, 6) is 0.838. The second-order valence-electron chi connectivity index (χ2n) is 4.60. The van der Waals surface area contributed by atoms with Crippen LogP contribution in [0.1, 0.15) is 24.8 Å². The molecule has 0 aliphatic carbocycles. The standard InChI is InChI=1S/C12H15ClN4S/c1-8-7-18-10-9(8)14-12(13)15-11(10)16-17-5-3-2-4-6-17/h7H,2-6H2,1H3,(H,14,15,16). The summed E-state index contributed by atoms with van der Waals surface area (Å²) >= 11 is 7.66. The topological polar surface area (TPSA) is 41.0 Å². The Bertz CT molecular complexity index is 562. The molecule has 0 bridgehead atoms. The predicted molar refractivity (Wildman–Crippen MR) is 76.2 cm³/mol. The highest BCUT2D eigenvalue weighted by Gasteiger charge is 2.15. The van der Waals surface area contributed by atoms with Crippen molar-refractivity contribution in [3.05, 3.63) is 16.2 Å². The zero-order valence-corrected chi connectivity index (χ0v) is 11.8. The quantitative estimate of drug-likeness (QED) is 0.857. The van der Waals surface area contributed by atoms with Crippen molar-refractivity contribution in [2.75, 3.05) is 18.5 Å². The first-order valence-corrected chi connectivity index (χ1v) is 7.43. The Morgan fingerprint density at radius 2 is 2.06 bits per heavy atom. The van der Waals surface area contributed by atoms with Gasteiger partial charge in [-0.25, -0.2) is 9.99 Å². The van der Waals surface area contributed by atoms with E-state index >= 15 is 0 Å². The molecule has 1 N–H and O–H groups in total. The molecule has 96 valence electrons. The van der Waals surface area contributed by atoms with Gasteiger partial charge < -0.3 is 5.43 Å². The first-order chi connectivity index (χ1) is 8.74. The lowest BCUT2D eigenvalue weighted by atomic mass is 10.2. The van der Waals surface area contributed by atoms with Crippen molar-refractivity contribution < 1.29 is 0 Å². The molecule has 0 amide bonds. The molecular formula is C12H15ClN4S. The Balaban J connectivity index is 1.94. The minimum absolute atomic E-state index is 0.309. The van der Waals surface area contributed by atoms with Gasteiger partial charge in [0.2, 0.25) is 5.28 Å². The molecule has 0 radical (unpaired) electrons. The number of fused-ring (bicyclic) bond motifs is 1. The maximum absolute atomic E-state index is 5.99. The van der Waals surface area contributed by atoms with Crippen molar-refractivity contribution in [2.45, 2.75) is 26.2 Å².